The van der Waals surface area contributed by atoms with Gasteiger partial charge < -0.3 is 14.8 Å². The highest BCUT2D eigenvalue weighted by atomic mass is 35.5. The van der Waals surface area contributed by atoms with Crippen molar-refractivity contribution in [3.8, 4) is 11.5 Å². The molecule has 3 amide bonds. The lowest BCUT2D eigenvalue weighted by Crippen LogP contribution is -2.36. The van der Waals surface area contributed by atoms with Crippen LogP contribution in [-0.2, 0) is 16.2 Å². The smallest absolute Gasteiger partial charge is 0.294 e. The van der Waals surface area contributed by atoms with Gasteiger partial charge in [-0.1, -0.05) is 54.1 Å². The van der Waals surface area contributed by atoms with Crippen molar-refractivity contribution in [2.45, 2.75) is 13.5 Å². The Hall–Kier alpha value is -4.27. The molecule has 1 aliphatic rings. The Morgan fingerprint density at radius 2 is 1.70 bits per heavy atom. The Morgan fingerprint density at radius 3 is 2.48 bits per heavy atom. The number of nitrogens with zero attached hydrogens (tertiary/aromatic N) is 1. The molecule has 1 aliphatic heterocycles. The van der Waals surface area contributed by atoms with Crippen molar-refractivity contribution in [2.75, 3.05) is 18.5 Å². The minimum absolute atomic E-state index is 0.219. The van der Waals surface area contributed by atoms with Crippen LogP contribution in [0.1, 0.15) is 18.1 Å². The number of fused-ring (bicyclic) bond motifs is 1. The molecule has 0 saturated carbocycles. The van der Waals surface area contributed by atoms with Crippen LogP contribution in [0.5, 0.6) is 11.5 Å². The maximum absolute atomic E-state index is 12.9. The highest BCUT2D eigenvalue weighted by Gasteiger charge is 2.36. The number of halogens is 1. The van der Waals surface area contributed by atoms with Crippen LogP contribution < -0.4 is 14.8 Å². The van der Waals surface area contributed by atoms with E-state index in [0.717, 1.165) is 33.0 Å². The lowest BCUT2D eigenvalue weighted by Gasteiger charge is -2.13. The lowest BCUT2D eigenvalue weighted by molar-refractivity contribution is -0.127. The quantitative estimate of drug-likeness (QED) is 0.214. The maximum Gasteiger partial charge on any atom is 0.294 e. The van der Waals surface area contributed by atoms with Crippen LogP contribution in [0.2, 0.25) is 5.02 Å². The summed E-state index contributed by atoms with van der Waals surface area (Å²) in [6.45, 7) is 2.27. The summed E-state index contributed by atoms with van der Waals surface area (Å²) in [5.74, 6) is 0.0750. The summed E-state index contributed by atoms with van der Waals surface area (Å²) in [6, 6.07) is 26.2. The number of hydrogen-bond donors (Lipinski definition) is 1. The van der Waals surface area contributed by atoms with Crippen molar-refractivity contribution < 1.29 is 23.9 Å². The number of amides is 3. The Balaban J connectivity index is 1.26. The number of nitrogens with one attached hydrogen (secondary N) is 1. The fraction of sp³-hybridized carbons (Fsp3) is 0.129. The van der Waals surface area contributed by atoms with Gasteiger partial charge in [0, 0.05) is 10.7 Å². The topological polar surface area (TPSA) is 84.9 Å². The molecule has 0 aromatic heterocycles. The zero-order chi connectivity index (χ0) is 28.1. The molecule has 4 aromatic carbocycles. The minimum atomic E-state index is -0.532. The van der Waals surface area contributed by atoms with E-state index < -0.39 is 23.6 Å². The second kappa shape index (κ2) is 12.3. The van der Waals surface area contributed by atoms with Gasteiger partial charge in [-0.05, 0) is 89.1 Å². The zero-order valence-corrected chi connectivity index (χ0v) is 23.1. The molecule has 7 nitrogen and oxygen atoms in total. The molecule has 0 bridgehead atoms. The second-order valence-electron chi connectivity index (χ2n) is 8.93. The molecular weight excluding hydrogens is 548 g/mol. The summed E-state index contributed by atoms with van der Waals surface area (Å²) in [7, 11) is 0. The molecule has 202 valence electrons. The molecule has 40 heavy (non-hydrogen) atoms. The van der Waals surface area contributed by atoms with Crippen LogP contribution in [0.15, 0.2) is 89.8 Å². The van der Waals surface area contributed by atoms with Crippen LogP contribution in [0.4, 0.5) is 10.5 Å². The number of carbonyl (C=O) groups is 3. The van der Waals surface area contributed by atoms with E-state index in [9.17, 15) is 14.4 Å². The summed E-state index contributed by atoms with van der Waals surface area (Å²) >= 11 is 6.65. The number of thioether (sulfide) groups is 1. The first kappa shape index (κ1) is 27.3. The number of anilines is 1. The Kier molecular flexibility index (Phi) is 8.38. The first-order valence-corrected chi connectivity index (χ1v) is 13.8. The summed E-state index contributed by atoms with van der Waals surface area (Å²) in [5.41, 5.74) is 2.21. The third-order valence-corrected chi connectivity index (χ3v) is 7.24. The van der Waals surface area contributed by atoms with Crippen molar-refractivity contribution in [3.63, 3.8) is 0 Å². The van der Waals surface area contributed by atoms with Crippen molar-refractivity contribution in [1.82, 2.24) is 4.90 Å². The number of imide groups is 1. The Labute approximate surface area is 240 Å². The van der Waals surface area contributed by atoms with Gasteiger partial charge in [0.2, 0.25) is 5.91 Å². The van der Waals surface area contributed by atoms with E-state index in [4.69, 9.17) is 21.1 Å². The first-order chi connectivity index (χ1) is 19.4. The number of benzene rings is 4. The van der Waals surface area contributed by atoms with E-state index in [-0.39, 0.29) is 4.91 Å². The lowest BCUT2D eigenvalue weighted by atomic mass is 10.1. The van der Waals surface area contributed by atoms with Gasteiger partial charge in [-0.15, -0.1) is 0 Å². The predicted octanol–water partition coefficient (Wildman–Crippen LogP) is 7.15. The first-order valence-electron chi connectivity index (χ1n) is 12.6. The molecule has 1 saturated heterocycles. The fourth-order valence-electron chi connectivity index (χ4n) is 4.16. The molecule has 5 rings (SSSR count). The highest BCUT2D eigenvalue weighted by molar-refractivity contribution is 8.18. The van der Waals surface area contributed by atoms with Gasteiger partial charge >= 0.3 is 0 Å². The second-order valence-corrected chi connectivity index (χ2v) is 10.4. The van der Waals surface area contributed by atoms with Gasteiger partial charge in [0.1, 0.15) is 13.2 Å². The number of hydrogen-bond acceptors (Lipinski definition) is 6. The number of carbonyl (C=O) groups excluding carboxylic acids is 3. The van der Waals surface area contributed by atoms with Crippen molar-refractivity contribution in [1.29, 1.82) is 0 Å². The molecule has 4 aromatic rings. The Bertz CT molecular complexity index is 1620. The molecule has 0 atom stereocenters. The molecular formula is C31H25ClN2O5S. The van der Waals surface area contributed by atoms with Gasteiger partial charge in [-0.2, -0.15) is 0 Å². The minimum Gasteiger partial charge on any atom is -0.490 e. The maximum atomic E-state index is 12.9. The molecule has 0 radical (unpaired) electrons. The van der Waals surface area contributed by atoms with E-state index in [1.54, 1.807) is 48.5 Å². The third-order valence-electron chi connectivity index (χ3n) is 6.08. The van der Waals surface area contributed by atoms with Crippen LogP contribution >= 0.6 is 23.4 Å². The zero-order valence-electron chi connectivity index (χ0n) is 21.6. The molecule has 1 heterocycles. The summed E-state index contributed by atoms with van der Waals surface area (Å²) in [6.07, 6.45) is 1.61. The van der Waals surface area contributed by atoms with E-state index in [1.165, 1.54) is 0 Å². The van der Waals surface area contributed by atoms with E-state index >= 15 is 0 Å². The molecule has 0 unspecified atom stereocenters. The number of rotatable bonds is 9. The normalized spacial score (nSPS) is 14.2. The van der Waals surface area contributed by atoms with Crippen LogP contribution in [-0.4, -0.2) is 35.1 Å². The molecule has 1 N–H and O–H groups in total. The van der Waals surface area contributed by atoms with Gasteiger partial charge in [0.15, 0.2) is 11.5 Å². The standard InChI is InChI=1S/C31H25ClN2O5S/c1-2-38-27-16-20(8-14-26(27)39-19-21-7-9-22-5-3-4-6-23(22)15-21)17-28-30(36)34(31(37)40-28)18-29(35)33-25-12-10-24(32)11-13-25/h3-17H,2,18-19H2,1H3,(H,33,35)/b28-17+. The predicted molar refractivity (Wildman–Crippen MR) is 159 cm³/mol. The van der Waals surface area contributed by atoms with Crippen molar-refractivity contribution >= 4 is 63.0 Å². The molecule has 0 spiro atoms. The highest BCUT2D eigenvalue weighted by Crippen LogP contribution is 2.35. The van der Waals surface area contributed by atoms with Gasteiger partial charge in [0.25, 0.3) is 11.1 Å². The van der Waals surface area contributed by atoms with Crippen LogP contribution in [0, 0.1) is 0 Å². The average Bonchev–Trinajstić information content (AvgIpc) is 3.21. The molecule has 0 aliphatic carbocycles. The van der Waals surface area contributed by atoms with E-state index in [1.807, 2.05) is 25.1 Å². The van der Waals surface area contributed by atoms with Gasteiger partial charge in [-0.25, -0.2) is 0 Å². The van der Waals surface area contributed by atoms with E-state index in [2.05, 4.69) is 29.6 Å². The summed E-state index contributed by atoms with van der Waals surface area (Å²) in [5, 5.41) is 4.98. The SMILES string of the molecule is CCOc1cc(/C=C2/SC(=O)N(CC(=O)Nc3ccc(Cl)cc3)C2=O)ccc1OCc1ccc2ccccc2c1. The van der Waals surface area contributed by atoms with Gasteiger partial charge in [-0.3, -0.25) is 19.3 Å². The van der Waals surface area contributed by atoms with Crippen LogP contribution in [0.25, 0.3) is 16.8 Å². The largest absolute Gasteiger partial charge is 0.490 e. The monoisotopic (exact) mass is 572 g/mol. The van der Waals surface area contributed by atoms with Gasteiger partial charge in [0.05, 0.1) is 11.5 Å². The van der Waals surface area contributed by atoms with Crippen molar-refractivity contribution in [2.24, 2.45) is 0 Å². The summed E-state index contributed by atoms with van der Waals surface area (Å²) in [4.78, 5) is 39.1. The molecule has 1 fully saturated rings. The summed E-state index contributed by atoms with van der Waals surface area (Å²) < 4.78 is 11.9. The molecule has 9 heteroatoms. The van der Waals surface area contributed by atoms with Crippen LogP contribution in [0.3, 0.4) is 0 Å². The number of ether oxygens (including phenoxy) is 2. The average molecular weight is 573 g/mol. The Morgan fingerprint density at radius 1 is 0.925 bits per heavy atom. The van der Waals surface area contributed by atoms with E-state index in [0.29, 0.717) is 41.0 Å². The third kappa shape index (κ3) is 6.47. The fourth-order valence-corrected chi connectivity index (χ4v) is 5.12. The van der Waals surface area contributed by atoms with Crippen molar-refractivity contribution in [3.05, 3.63) is 106 Å².